The fourth-order valence-electron chi connectivity index (χ4n) is 8.02. The lowest BCUT2D eigenvalue weighted by molar-refractivity contribution is -0.186. The number of carbonyl (C=O) groups excluding carboxylic acids is 3. The van der Waals surface area contributed by atoms with E-state index >= 15 is 0 Å². The van der Waals surface area contributed by atoms with E-state index in [0.29, 0.717) is 24.2 Å². The Morgan fingerprint density at radius 3 is 2.27 bits per heavy atom. The van der Waals surface area contributed by atoms with Gasteiger partial charge in [-0.15, -0.1) is 0 Å². The van der Waals surface area contributed by atoms with E-state index in [1.54, 1.807) is 6.92 Å². The minimum Gasteiger partial charge on any atom is -0.462 e. The molecule has 4 rings (SSSR count). The number of hydrogen-bond acceptors (Lipinski definition) is 5. The van der Waals surface area contributed by atoms with E-state index in [2.05, 4.69) is 19.9 Å². The van der Waals surface area contributed by atoms with Crippen molar-refractivity contribution in [1.82, 2.24) is 0 Å². The molecule has 0 N–H and O–H groups in total. The smallest absolute Gasteiger partial charge is 0.303 e. The van der Waals surface area contributed by atoms with Crippen LogP contribution in [0.1, 0.15) is 86.0 Å². The molecule has 3 saturated carbocycles. The van der Waals surface area contributed by atoms with Gasteiger partial charge in [-0.1, -0.05) is 25.5 Å². The Labute approximate surface area is 179 Å². The summed E-state index contributed by atoms with van der Waals surface area (Å²) in [6.07, 6.45) is 9.81. The molecule has 5 heteroatoms. The van der Waals surface area contributed by atoms with E-state index in [9.17, 15) is 14.4 Å². The molecule has 0 bridgehead atoms. The molecular weight excluding hydrogens is 380 g/mol. The zero-order valence-electron chi connectivity index (χ0n) is 19.1. The van der Waals surface area contributed by atoms with E-state index in [4.69, 9.17) is 9.47 Å². The number of hydrogen-bond donors (Lipinski definition) is 0. The van der Waals surface area contributed by atoms with Crippen molar-refractivity contribution >= 4 is 17.7 Å². The normalized spacial score (nSPS) is 44.8. The second-order valence-electron chi connectivity index (χ2n) is 10.7. The Balaban J connectivity index is 1.63. The number of allylic oxidation sites excluding steroid dienone is 1. The lowest BCUT2D eigenvalue weighted by Crippen LogP contribution is -2.58. The zero-order valence-corrected chi connectivity index (χ0v) is 19.1. The molecule has 0 unspecified atom stereocenters. The third kappa shape index (κ3) is 2.98. The molecule has 30 heavy (non-hydrogen) atoms. The standard InChI is InChI=1S/C25H36O5/c1-15(26)25(30-17(3)28)13-10-22-20-7-6-18-14-19(29-16(2)27)8-11-23(18,4)21(20)9-12-24(22,25)5/h6,19-22H,7-14H2,1-5H3/t19-,20-,21+,22+,23-,24+,25+/m1/s1. The first kappa shape index (κ1) is 21.6. The van der Waals surface area contributed by atoms with E-state index < -0.39 is 5.60 Å². The van der Waals surface area contributed by atoms with Gasteiger partial charge in [0.2, 0.25) is 0 Å². The number of rotatable bonds is 3. The van der Waals surface area contributed by atoms with Crippen molar-refractivity contribution < 1.29 is 23.9 Å². The van der Waals surface area contributed by atoms with Crippen LogP contribution in [0.15, 0.2) is 11.6 Å². The van der Waals surface area contributed by atoms with Crippen LogP contribution in [0.3, 0.4) is 0 Å². The molecule has 0 spiro atoms. The van der Waals surface area contributed by atoms with Crippen LogP contribution < -0.4 is 0 Å². The van der Waals surface area contributed by atoms with Gasteiger partial charge in [-0.3, -0.25) is 14.4 Å². The van der Waals surface area contributed by atoms with Crippen molar-refractivity contribution in [2.75, 3.05) is 0 Å². The van der Waals surface area contributed by atoms with E-state index in [-0.39, 0.29) is 34.7 Å². The average molecular weight is 417 g/mol. The molecule has 5 nitrogen and oxygen atoms in total. The summed E-state index contributed by atoms with van der Waals surface area (Å²) < 4.78 is 11.4. The summed E-state index contributed by atoms with van der Waals surface area (Å²) in [5.74, 6) is 0.939. The molecule has 4 aliphatic carbocycles. The molecule has 0 aromatic heterocycles. The summed E-state index contributed by atoms with van der Waals surface area (Å²) in [4.78, 5) is 36.2. The van der Waals surface area contributed by atoms with Crippen molar-refractivity contribution in [3.8, 4) is 0 Å². The molecule has 3 fully saturated rings. The van der Waals surface area contributed by atoms with Crippen LogP contribution >= 0.6 is 0 Å². The van der Waals surface area contributed by atoms with Crippen LogP contribution in [0.4, 0.5) is 0 Å². The minimum absolute atomic E-state index is 0.00120. The summed E-state index contributed by atoms with van der Waals surface area (Å²) in [5, 5.41) is 0. The Morgan fingerprint density at radius 2 is 1.63 bits per heavy atom. The van der Waals surface area contributed by atoms with Gasteiger partial charge in [-0.2, -0.15) is 0 Å². The summed E-state index contributed by atoms with van der Waals surface area (Å²) >= 11 is 0. The van der Waals surface area contributed by atoms with Crippen LogP contribution in [0.25, 0.3) is 0 Å². The number of ketones is 1. The number of fused-ring (bicyclic) bond motifs is 5. The SMILES string of the molecule is CC(=O)O[C@@H]1CC[C@]2(C)C(=CC[C@H]3[C@@H]4CC[C@](OC(C)=O)(C(C)=O)[C@@]4(C)CC[C@@H]32)C1. The predicted molar refractivity (Wildman–Crippen MR) is 112 cm³/mol. The number of carbonyl (C=O) groups is 3. The summed E-state index contributed by atoms with van der Waals surface area (Å²) in [5.41, 5.74) is 0.346. The van der Waals surface area contributed by atoms with Crippen LogP contribution in [0, 0.1) is 28.6 Å². The Kier molecular flexibility index (Phi) is 5.18. The van der Waals surface area contributed by atoms with Crippen molar-refractivity contribution in [2.24, 2.45) is 28.6 Å². The Morgan fingerprint density at radius 1 is 0.933 bits per heavy atom. The molecule has 4 aliphatic rings. The first-order valence-electron chi connectivity index (χ1n) is 11.6. The maximum atomic E-state index is 12.8. The molecule has 0 aliphatic heterocycles. The lowest BCUT2D eigenvalue weighted by Gasteiger charge is -2.59. The van der Waals surface area contributed by atoms with Gasteiger partial charge in [-0.05, 0) is 75.0 Å². The van der Waals surface area contributed by atoms with Gasteiger partial charge in [0.05, 0.1) is 0 Å². The van der Waals surface area contributed by atoms with Gasteiger partial charge in [0, 0.05) is 25.7 Å². The van der Waals surface area contributed by atoms with Crippen molar-refractivity contribution in [3.05, 3.63) is 11.6 Å². The van der Waals surface area contributed by atoms with Crippen LogP contribution in [-0.2, 0) is 23.9 Å². The summed E-state index contributed by atoms with van der Waals surface area (Å²) in [6.45, 7) is 9.11. The molecule has 0 saturated heterocycles. The summed E-state index contributed by atoms with van der Waals surface area (Å²) in [6, 6.07) is 0. The monoisotopic (exact) mass is 416 g/mol. The fraction of sp³-hybridized carbons (Fsp3) is 0.800. The molecule has 0 aromatic rings. The average Bonchev–Trinajstić information content (AvgIpc) is 2.94. The van der Waals surface area contributed by atoms with Gasteiger partial charge in [0.1, 0.15) is 6.10 Å². The number of esters is 2. The number of Topliss-reactive ketones (excluding diaryl/α,β-unsaturated/α-hetero) is 1. The van der Waals surface area contributed by atoms with Gasteiger partial charge in [-0.25, -0.2) is 0 Å². The second kappa shape index (κ2) is 7.20. The highest BCUT2D eigenvalue weighted by molar-refractivity contribution is 5.89. The molecule has 0 radical (unpaired) electrons. The fourth-order valence-corrected chi connectivity index (χ4v) is 8.02. The van der Waals surface area contributed by atoms with Gasteiger partial charge in [0.25, 0.3) is 0 Å². The minimum atomic E-state index is -0.966. The molecule has 0 heterocycles. The third-order valence-corrected chi connectivity index (χ3v) is 9.40. The molecule has 0 amide bonds. The quantitative estimate of drug-likeness (QED) is 0.489. The topological polar surface area (TPSA) is 69.7 Å². The van der Waals surface area contributed by atoms with Crippen LogP contribution in [0.5, 0.6) is 0 Å². The largest absolute Gasteiger partial charge is 0.462 e. The first-order valence-corrected chi connectivity index (χ1v) is 11.6. The highest BCUT2D eigenvalue weighted by atomic mass is 16.6. The zero-order chi connectivity index (χ0) is 21.9. The lowest BCUT2D eigenvalue weighted by atomic mass is 9.46. The van der Waals surface area contributed by atoms with Gasteiger partial charge >= 0.3 is 11.9 Å². The van der Waals surface area contributed by atoms with Gasteiger partial charge in [0.15, 0.2) is 11.4 Å². The van der Waals surface area contributed by atoms with Crippen molar-refractivity contribution in [1.29, 1.82) is 0 Å². The number of ether oxygens (including phenoxy) is 2. The van der Waals surface area contributed by atoms with Gasteiger partial charge < -0.3 is 9.47 Å². The Hall–Kier alpha value is -1.65. The van der Waals surface area contributed by atoms with E-state index in [1.807, 2.05) is 0 Å². The highest BCUT2D eigenvalue weighted by Crippen LogP contribution is 2.68. The Bertz CT molecular complexity index is 799. The molecule has 7 atom stereocenters. The van der Waals surface area contributed by atoms with Crippen LogP contribution in [-0.4, -0.2) is 29.4 Å². The van der Waals surface area contributed by atoms with Crippen molar-refractivity contribution in [3.63, 3.8) is 0 Å². The molecule has 166 valence electrons. The summed E-state index contributed by atoms with van der Waals surface area (Å²) in [7, 11) is 0. The third-order valence-electron chi connectivity index (χ3n) is 9.40. The molecule has 0 aromatic carbocycles. The maximum Gasteiger partial charge on any atom is 0.303 e. The van der Waals surface area contributed by atoms with Crippen molar-refractivity contribution in [2.45, 2.75) is 97.7 Å². The van der Waals surface area contributed by atoms with E-state index in [1.165, 1.54) is 19.4 Å². The first-order chi connectivity index (χ1) is 14.0. The van der Waals surface area contributed by atoms with Crippen LogP contribution in [0.2, 0.25) is 0 Å². The second-order valence-corrected chi connectivity index (χ2v) is 10.7. The maximum absolute atomic E-state index is 12.8. The highest BCUT2D eigenvalue weighted by Gasteiger charge is 2.67. The molecular formula is C25H36O5. The van der Waals surface area contributed by atoms with E-state index in [0.717, 1.165) is 44.9 Å². The predicted octanol–water partition coefficient (Wildman–Crippen LogP) is 4.77.